The standard InChI is InChI=1S/C77H126O6/c1-4-7-10-13-16-19-22-25-28-31-32-33-34-35-36-37-38-39-40-41-42-43-44-47-49-52-55-58-61-64-67-70-76(79)82-73-74(83-77(80)71-68-65-62-59-56-53-50-46-30-27-24-21-18-15-12-9-6-3)72-81-75(78)69-66-63-60-57-54-51-48-45-29-26-23-20-17-14-11-8-5-2/h8-9,11-12,17-18,20-22,25-27,29-32,34-35,48,50-51,53,59,62,74H,4-7,10,13-16,19,23-24,28,33,36-47,49,52,54-58,60-61,63-73H2,1-3H3/b11-8-,12-9-,20-17-,21-18-,25-22-,29-26-,30-27-,32-31-,35-34-,51-48-,53-50-,62-59-. The van der Waals surface area contributed by atoms with Gasteiger partial charge in [0.2, 0.25) is 0 Å². The van der Waals surface area contributed by atoms with Crippen LogP contribution in [0.1, 0.15) is 303 Å². The van der Waals surface area contributed by atoms with E-state index >= 15 is 0 Å². The molecule has 0 aromatic heterocycles. The molecule has 0 rings (SSSR count). The van der Waals surface area contributed by atoms with Crippen molar-refractivity contribution in [2.45, 2.75) is 309 Å². The van der Waals surface area contributed by atoms with Gasteiger partial charge in [-0.05, 0) is 135 Å². The average molecular weight is 1150 g/mol. The van der Waals surface area contributed by atoms with Crippen LogP contribution in [0, 0.1) is 0 Å². The fourth-order valence-corrected chi connectivity index (χ4v) is 9.24. The average Bonchev–Trinajstić information content (AvgIpc) is 3.50. The second-order valence-electron chi connectivity index (χ2n) is 22.3. The third-order valence-electron chi connectivity index (χ3n) is 14.3. The van der Waals surface area contributed by atoms with Gasteiger partial charge in [-0.25, -0.2) is 0 Å². The fourth-order valence-electron chi connectivity index (χ4n) is 9.24. The van der Waals surface area contributed by atoms with Crippen LogP contribution in [0.2, 0.25) is 0 Å². The molecule has 0 aliphatic carbocycles. The van der Waals surface area contributed by atoms with Gasteiger partial charge in [-0.2, -0.15) is 0 Å². The predicted molar refractivity (Wildman–Crippen MR) is 362 cm³/mol. The van der Waals surface area contributed by atoms with Crippen molar-refractivity contribution in [2.24, 2.45) is 0 Å². The Morgan fingerprint density at radius 1 is 0.253 bits per heavy atom. The first-order valence-electron chi connectivity index (χ1n) is 34.3. The summed E-state index contributed by atoms with van der Waals surface area (Å²) in [4.78, 5) is 38.4. The largest absolute Gasteiger partial charge is 0.462 e. The van der Waals surface area contributed by atoms with Crippen LogP contribution in [0.25, 0.3) is 0 Å². The zero-order valence-electron chi connectivity index (χ0n) is 53.9. The van der Waals surface area contributed by atoms with Gasteiger partial charge < -0.3 is 14.2 Å². The zero-order valence-corrected chi connectivity index (χ0v) is 53.9. The second-order valence-corrected chi connectivity index (χ2v) is 22.3. The molecule has 0 aliphatic rings. The minimum absolute atomic E-state index is 0.112. The normalized spacial score (nSPS) is 13.0. The van der Waals surface area contributed by atoms with Crippen molar-refractivity contribution < 1.29 is 28.6 Å². The van der Waals surface area contributed by atoms with Gasteiger partial charge in [-0.15, -0.1) is 0 Å². The topological polar surface area (TPSA) is 78.9 Å². The maximum absolute atomic E-state index is 12.9. The maximum atomic E-state index is 12.9. The molecule has 6 heteroatoms. The van der Waals surface area contributed by atoms with Crippen LogP contribution in [0.5, 0.6) is 0 Å². The van der Waals surface area contributed by atoms with E-state index in [4.69, 9.17) is 14.2 Å². The van der Waals surface area contributed by atoms with E-state index in [9.17, 15) is 14.4 Å². The smallest absolute Gasteiger partial charge is 0.306 e. The summed E-state index contributed by atoms with van der Waals surface area (Å²) in [5.74, 6) is -0.993. The molecule has 6 nitrogen and oxygen atoms in total. The second kappa shape index (κ2) is 69.8. The molecule has 0 aromatic rings. The fraction of sp³-hybridized carbons (Fsp3) is 0.649. The van der Waals surface area contributed by atoms with Crippen molar-refractivity contribution >= 4 is 17.9 Å². The molecule has 0 N–H and O–H groups in total. The minimum atomic E-state index is -0.825. The molecule has 0 fully saturated rings. The van der Waals surface area contributed by atoms with Crippen LogP contribution in [0.15, 0.2) is 146 Å². The van der Waals surface area contributed by atoms with Crippen molar-refractivity contribution in [2.75, 3.05) is 13.2 Å². The van der Waals surface area contributed by atoms with Crippen LogP contribution in [0.3, 0.4) is 0 Å². The number of carbonyl (C=O) groups excluding carboxylic acids is 3. The number of carbonyl (C=O) groups is 3. The van der Waals surface area contributed by atoms with Gasteiger partial charge in [0.1, 0.15) is 13.2 Å². The molecule has 0 saturated carbocycles. The number of hydrogen-bond donors (Lipinski definition) is 0. The Kier molecular flexibility index (Phi) is 65.8. The van der Waals surface area contributed by atoms with Crippen LogP contribution >= 0.6 is 0 Å². The van der Waals surface area contributed by atoms with Crippen molar-refractivity contribution in [1.82, 2.24) is 0 Å². The highest BCUT2D eigenvalue weighted by Gasteiger charge is 2.19. The molecule has 470 valence electrons. The maximum Gasteiger partial charge on any atom is 0.306 e. The Hall–Kier alpha value is -4.71. The molecule has 83 heavy (non-hydrogen) atoms. The first-order chi connectivity index (χ1) is 41.0. The monoisotopic (exact) mass is 1150 g/mol. The molecular formula is C77H126O6. The van der Waals surface area contributed by atoms with E-state index in [1.807, 2.05) is 0 Å². The van der Waals surface area contributed by atoms with E-state index in [-0.39, 0.29) is 37.5 Å². The number of esters is 3. The molecule has 1 atom stereocenters. The van der Waals surface area contributed by atoms with Crippen LogP contribution in [-0.2, 0) is 28.6 Å². The van der Waals surface area contributed by atoms with E-state index in [0.717, 1.165) is 128 Å². The Bertz CT molecular complexity index is 1800. The van der Waals surface area contributed by atoms with Crippen molar-refractivity contribution in [1.29, 1.82) is 0 Å². The lowest BCUT2D eigenvalue weighted by Gasteiger charge is -2.18. The van der Waals surface area contributed by atoms with Crippen LogP contribution in [0.4, 0.5) is 0 Å². The third-order valence-corrected chi connectivity index (χ3v) is 14.3. The number of hydrogen-bond acceptors (Lipinski definition) is 6. The van der Waals surface area contributed by atoms with Gasteiger partial charge in [0.25, 0.3) is 0 Å². The third kappa shape index (κ3) is 68.0. The first-order valence-corrected chi connectivity index (χ1v) is 34.3. The lowest BCUT2D eigenvalue weighted by atomic mass is 10.0. The predicted octanol–water partition coefficient (Wildman–Crippen LogP) is 23.9. The number of rotatable bonds is 61. The van der Waals surface area contributed by atoms with Gasteiger partial charge in [0, 0.05) is 19.3 Å². The lowest BCUT2D eigenvalue weighted by molar-refractivity contribution is -0.167. The summed E-state index contributed by atoms with van der Waals surface area (Å²) in [6.07, 6.45) is 100. The Balaban J connectivity index is 4.35. The van der Waals surface area contributed by atoms with E-state index in [1.54, 1.807) is 0 Å². The molecule has 0 aliphatic heterocycles. The Morgan fingerprint density at radius 2 is 0.482 bits per heavy atom. The van der Waals surface area contributed by atoms with Gasteiger partial charge in [0.15, 0.2) is 6.10 Å². The summed E-state index contributed by atoms with van der Waals surface area (Å²) in [5, 5.41) is 0. The van der Waals surface area contributed by atoms with Gasteiger partial charge in [-0.3, -0.25) is 14.4 Å². The van der Waals surface area contributed by atoms with E-state index < -0.39 is 6.10 Å². The first kappa shape index (κ1) is 78.3. The van der Waals surface area contributed by atoms with Gasteiger partial charge in [-0.1, -0.05) is 295 Å². The van der Waals surface area contributed by atoms with E-state index in [0.29, 0.717) is 19.3 Å². The number of ether oxygens (including phenoxy) is 3. The van der Waals surface area contributed by atoms with Crippen molar-refractivity contribution in [3.63, 3.8) is 0 Å². The molecule has 0 amide bonds. The molecule has 0 saturated heterocycles. The van der Waals surface area contributed by atoms with Gasteiger partial charge in [0.05, 0.1) is 0 Å². The Morgan fingerprint density at radius 3 is 0.771 bits per heavy atom. The summed E-state index contributed by atoms with van der Waals surface area (Å²) in [6.45, 7) is 6.35. The SMILES string of the molecule is CC/C=C\C/C=C\C/C=C\C/C=C\C/C=C\CCCC(=O)OC(COC(=O)CCCCCC/C=C\C/C=C\C/C=C\C/C=C\CC)COC(=O)CCCCCCCCCCCCCCCCCC/C=C\C/C=C\C/C=C\CCCCCCC. The summed E-state index contributed by atoms with van der Waals surface area (Å²) >= 11 is 0. The summed E-state index contributed by atoms with van der Waals surface area (Å²) < 4.78 is 16.9. The molecule has 0 bridgehead atoms. The lowest BCUT2D eigenvalue weighted by Crippen LogP contribution is -2.30. The Labute approximate surface area is 512 Å². The van der Waals surface area contributed by atoms with E-state index in [2.05, 4.69) is 167 Å². The van der Waals surface area contributed by atoms with Crippen molar-refractivity contribution in [3.8, 4) is 0 Å². The quantitative estimate of drug-likeness (QED) is 0.0261. The van der Waals surface area contributed by atoms with Crippen LogP contribution in [-0.4, -0.2) is 37.2 Å². The molecule has 0 radical (unpaired) electrons. The highest BCUT2D eigenvalue weighted by atomic mass is 16.6. The molecular weight excluding hydrogens is 1020 g/mol. The van der Waals surface area contributed by atoms with E-state index in [1.165, 1.54) is 128 Å². The molecule has 0 heterocycles. The summed E-state index contributed by atoms with van der Waals surface area (Å²) in [6, 6.07) is 0. The molecule has 0 spiro atoms. The van der Waals surface area contributed by atoms with Gasteiger partial charge >= 0.3 is 17.9 Å². The highest BCUT2D eigenvalue weighted by molar-refractivity contribution is 5.71. The van der Waals surface area contributed by atoms with Crippen molar-refractivity contribution in [3.05, 3.63) is 146 Å². The number of unbranched alkanes of at least 4 members (excludes halogenated alkanes) is 26. The zero-order chi connectivity index (χ0) is 59.9. The minimum Gasteiger partial charge on any atom is -0.462 e. The molecule has 0 aromatic carbocycles. The molecule has 1 unspecified atom stereocenters. The number of allylic oxidation sites excluding steroid dienone is 24. The van der Waals surface area contributed by atoms with Crippen LogP contribution < -0.4 is 0 Å². The highest BCUT2D eigenvalue weighted by Crippen LogP contribution is 2.16. The summed E-state index contributed by atoms with van der Waals surface area (Å²) in [7, 11) is 0. The summed E-state index contributed by atoms with van der Waals surface area (Å²) in [5.41, 5.74) is 0.